The zero-order valence-corrected chi connectivity index (χ0v) is 17.5. The van der Waals surface area contributed by atoms with Crippen molar-refractivity contribution in [3.05, 3.63) is 54.7 Å². The van der Waals surface area contributed by atoms with Gasteiger partial charge in [0.15, 0.2) is 0 Å². The number of anilines is 1. The van der Waals surface area contributed by atoms with Crippen molar-refractivity contribution < 1.29 is 15.7 Å². The van der Waals surface area contributed by atoms with E-state index in [4.69, 9.17) is 9.72 Å². The molecule has 0 unspecified atom stereocenters. The highest BCUT2D eigenvalue weighted by Gasteiger charge is 2.16. The molecule has 0 amide bonds. The first-order valence-corrected chi connectivity index (χ1v) is 7.56. The molecule has 8 heteroatoms. The first kappa shape index (κ1) is 24.4. The number of pyridine rings is 2. The van der Waals surface area contributed by atoms with Crippen LogP contribution < -0.4 is 4.90 Å². The summed E-state index contributed by atoms with van der Waals surface area (Å²) in [6, 6.07) is 16.4. The van der Waals surface area contributed by atoms with E-state index in [-0.39, 0.29) is 44.9 Å². The number of morpholine rings is 1. The van der Waals surface area contributed by atoms with Crippen molar-refractivity contribution in [3.8, 4) is 11.4 Å². The molecule has 6 nitrogen and oxygen atoms in total. The Morgan fingerprint density at radius 1 is 0.846 bits per heavy atom. The topological polar surface area (TPSA) is 101 Å². The van der Waals surface area contributed by atoms with Gasteiger partial charge in [-0.3, -0.25) is 4.98 Å². The molecule has 4 rings (SSSR count). The molecule has 3 heterocycles. The maximum absolute atomic E-state index is 5.48. The Morgan fingerprint density at radius 3 is 2.23 bits per heavy atom. The van der Waals surface area contributed by atoms with Gasteiger partial charge in [0, 0.05) is 30.4 Å². The molecule has 1 fully saturated rings. The third-order valence-electron chi connectivity index (χ3n) is 3.97. The quantitative estimate of drug-likeness (QED) is 0.553. The van der Waals surface area contributed by atoms with Gasteiger partial charge in [0.1, 0.15) is 0 Å². The van der Waals surface area contributed by atoms with Crippen LogP contribution in [0.15, 0.2) is 54.7 Å². The fraction of sp³-hybridized carbons (Fsp3) is 0.222. The number of para-hydroxylation sites is 1. The van der Waals surface area contributed by atoms with Gasteiger partial charge < -0.3 is 20.6 Å². The zero-order chi connectivity index (χ0) is 14.8. The molecule has 26 heavy (non-hydrogen) atoms. The van der Waals surface area contributed by atoms with E-state index in [0.717, 1.165) is 43.2 Å². The Balaban J connectivity index is 0.00000156. The SMILES string of the molecule is Br.Br.O.O.c1ccc(-c2cc(N3CCOCC3)c3ccccc3n2)nc1. The molecule has 0 radical (unpaired) electrons. The monoisotopic (exact) mass is 487 g/mol. The lowest BCUT2D eigenvalue weighted by atomic mass is 10.1. The van der Waals surface area contributed by atoms with Gasteiger partial charge in [0.25, 0.3) is 0 Å². The van der Waals surface area contributed by atoms with Crippen LogP contribution in [0.25, 0.3) is 22.3 Å². The van der Waals surface area contributed by atoms with Crippen LogP contribution in [0.2, 0.25) is 0 Å². The molecule has 0 spiro atoms. The summed E-state index contributed by atoms with van der Waals surface area (Å²) in [5, 5.41) is 1.18. The number of fused-ring (bicyclic) bond motifs is 1. The molecular weight excluding hydrogens is 466 g/mol. The molecule has 2 aromatic heterocycles. The number of aromatic nitrogens is 2. The highest BCUT2D eigenvalue weighted by molar-refractivity contribution is 8.93. The molecule has 1 aliphatic rings. The van der Waals surface area contributed by atoms with Crippen molar-refractivity contribution in [2.45, 2.75) is 0 Å². The van der Waals surface area contributed by atoms with Crippen molar-refractivity contribution in [1.29, 1.82) is 0 Å². The number of rotatable bonds is 2. The third kappa shape index (κ3) is 4.99. The minimum absolute atomic E-state index is 0. The fourth-order valence-electron chi connectivity index (χ4n) is 2.87. The number of hydrogen-bond donors (Lipinski definition) is 0. The van der Waals surface area contributed by atoms with E-state index < -0.39 is 0 Å². The van der Waals surface area contributed by atoms with Crippen LogP contribution in [0.4, 0.5) is 5.69 Å². The third-order valence-corrected chi connectivity index (χ3v) is 3.97. The van der Waals surface area contributed by atoms with Crippen LogP contribution >= 0.6 is 34.0 Å². The predicted octanol–water partition coefficient (Wildman–Crippen LogP) is 2.64. The summed E-state index contributed by atoms with van der Waals surface area (Å²) >= 11 is 0. The summed E-state index contributed by atoms with van der Waals surface area (Å²) in [5.41, 5.74) is 4.05. The Kier molecular flexibility index (Phi) is 10.5. The smallest absolute Gasteiger partial charge is 0.0914 e. The summed E-state index contributed by atoms with van der Waals surface area (Å²) in [5.74, 6) is 0. The van der Waals surface area contributed by atoms with Crippen molar-refractivity contribution in [3.63, 3.8) is 0 Å². The van der Waals surface area contributed by atoms with Crippen LogP contribution in [0.5, 0.6) is 0 Å². The average Bonchev–Trinajstić information content (AvgIpc) is 2.62. The van der Waals surface area contributed by atoms with E-state index >= 15 is 0 Å². The normalized spacial score (nSPS) is 12.8. The van der Waals surface area contributed by atoms with Gasteiger partial charge in [0.2, 0.25) is 0 Å². The van der Waals surface area contributed by atoms with E-state index in [1.54, 1.807) is 6.20 Å². The molecular formula is C18H23Br2N3O3. The second-order valence-corrected chi connectivity index (χ2v) is 5.36. The van der Waals surface area contributed by atoms with Crippen LogP contribution in [0.1, 0.15) is 0 Å². The van der Waals surface area contributed by atoms with E-state index in [9.17, 15) is 0 Å². The lowest BCUT2D eigenvalue weighted by Crippen LogP contribution is -2.36. The van der Waals surface area contributed by atoms with Gasteiger partial charge >= 0.3 is 0 Å². The number of benzene rings is 1. The number of ether oxygens (including phenoxy) is 1. The molecule has 142 valence electrons. The second kappa shape index (κ2) is 11.2. The Bertz CT molecular complexity index is 800. The zero-order valence-electron chi connectivity index (χ0n) is 14.1. The van der Waals surface area contributed by atoms with Crippen molar-refractivity contribution in [1.82, 2.24) is 9.97 Å². The lowest BCUT2D eigenvalue weighted by Gasteiger charge is -2.30. The van der Waals surface area contributed by atoms with Gasteiger partial charge in [-0.1, -0.05) is 24.3 Å². The van der Waals surface area contributed by atoms with Crippen LogP contribution in [0, 0.1) is 0 Å². The van der Waals surface area contributed by atoms with Crippen LogP contribution in [0.3, 0.4) is 0 Å². The Morgan fingerprint density at radius 2 is 1.54 bits per heavy atom. The largest absolute Gasteiger partial charge is 0.412 e. The Hall–Kier alpha value is -1.58. The van der Waals surface area contributed by atoms with Gasteiger partial charge in [0.05, 0.1) is 30.1 Å². The molecule has 0 atom stereocenters. The second-order valence-electron chi connectivity index (χ2n) is 5.36. The summed E-state index contributed by atoms with van der Waals surface area (Å²) < 4.78 is 5.48. The minimum atomic E-state index is 0. The standard InChI is InChI=1S/C18H17N3O.2BrH.2H2O/c1-2-6-15-14(5-1)18(21-9-11-22-12-10-21)13-17(20-15)16-7-3-4-8-19-16;;;;/h1-8,13H,9-12H2;2*1H;2*1H2. The predicted molar refractivity (Wildman–Crippen MR) is 116 cm³/mol. The van der Waals surface area contributed by atoms with Crippen LogP contribution in [-0.2, 0) is 4.74 Å². The first-order chi connectivity index (χ1) is 10.9. The van der Waals surface area contributed by atoms with Gasteiger partial charge in [-0.25, -0.2) is 4.98 Å². The summed E-state index contributed by atoms with van der Waals surface area (Å²) in [6.45, 7) is 3.37. The highest BCUT2D eigenvalue weighted by atomic mass is 79.9. The lowest BCUT2D eigenvalue weighted by molar-refractivity contribution is 0.123. The minimum Gasteiger partial charge on any atom is -0.412 e. The van der Waals surface area contributed by atoms with Crippen LogP contribution in [-0.4, -0.2) is 47.2 Å². The van der Waals surface area contributed by atoms with E-state index in [2.05, 4.69) is 34.1 Å². The molecule has 0 saturated carbocycles. The van der Waals surface area contributed by atoms with Gasteiger partial charge in [-0.05, 0) is 24.3 Å². The number of hydrogen-bond acceptors (Lipinski definition) is 4. The maximum Gasteiger partial charge on any atom is 0.0914 e. The molecule has 1 aliphatic heterocycles. The first-order valence-electron chi connectivity index (χ1n) is 7.56. The van der Waals surface area contributed by atoms with Crippen molar-refractivity contribution in [2.75, 3.05) is 31.2 Å². The maximum atomic E-state index is 5.48. The molecule has 1 aromatic carbocycles. The number of nitrogens with zero attached hydrogens (tertiary/aromatic N) is 3. The molecule has 0 aliphatic carbocycles. The molecule has 4 N–H and O–H groups in total. The Labute approximate surface area is 173 Å². The highest BCUT2D eigenvalue weighted by Crippen LogP contribution is 2.30. The fourth-order valence-corrected chi connectivity index (χ4v) is 2.87. The van der Waals surface area contributed by atoms with E-state index in [1.165, 1.54) is 11.1 Å². The average molecular weight is 489 g/mol. The van der Waals surface area contributed by atoms with E-state index in [1.807, 2.05) is 24.3 Å². The summed E-state index contributed by atoms with van der Waals surface area (Å²) in [6.07, 6.45) is 1.81. The van der Waals surface area contributed by atoms with Crippen molar-refractivity contribution >= 4 is 50.6 Å². The molecule has 1 saturated heterocycles. The van der Waals surface area contributed by atoms with E-state index in [0.29, 0.717) is 0 Å². The van der Waals surface area contributed by atoms with Crippen molar-refractivity contribution in [2.24, 2.45) is 0 Å². The van der Waals surface area contributed by atoms with Gasteiger partial charge in [-0.2, -0.15) is 0 Å². The molecule has 3 aromatic rings. The molecule has 0 bridgehead atoms. The van der Waals surface area contributed by atoms with Gasteiger partial charge in [-0.15, -0.1) is 34.0 Å². The summed E-state index contributed by atoms with van der Waals surface area (Å²) in [4.78, 5) is 11.6. The summed E-state index contributed by atoms with van der Waals surface area (Å²) in [7, 11) is 0. The number of halogens is 2.